The number of hydrogen-bond donors (Lipinski definition) is 2. The molecule has 5 nitrogen and oxygen atoms in total. The molecule has 0 atom stereocenters. The molecule has 142 valence electrons. The van der Waals surface area contributed by atoms with Crippen LogP contribution in [0.25, 0.3) is 0 Å². The lowest BCUT2D eigenvalue weighted by Gasteiger charge is -2.23. The zero-order valence-electron chi connectivity index (χ0n) is 16.5. The summed E-state index contributed by atoms with van der Waals surface area (Å²) < 4.78 is 0. The molecule has 0 radical (unpaired) electrons. The Kier molecular flexibility index (Phi) is 8.06. The number of guanidine groups is 1. The van der Waals surface area contributed by atoms with E-state index in [1.807, 2.05) is 6.20 Å². The molecule has 1 heterocycles. The number of thiazole rings is 1. The average Bonchev–Trinajstić information content (AvgIpc) is 3.11. The number of nitrogens with one attached hydrogen (secondary N) is 2. The highest BCUT2D eigenvalue weighted by Gasteiger charge is 2.09. The van der Waals surface area contributed by atoms with Crippen LogP contribution >= 0.6 is 11.3 Å². The molecule has 2 aromatic rings. The van der Waals surface area contributed by atoms with Gasteiger partial charge in [0, 0.05) is 37.3 Å². The summed E-state index contributed by atoms with van der Waals surface area (Å²) in [4.78, 5) is 12.4. The van der Waals surface area contributed by atoms with Crippen molar-refractivity contribution in [2.45, 2.75) is 52.9 Å². The Morgan fingerprint density at radius 3 is 2.50 bits per heavy atom. The van der Waals surface area contributed by atoms with Gasteiger partial charge in [-0.1, -0.05) is 31.2 Å². The maximum atomic E-state index is 4.44. The molecule has 1 aromatic heterocycles. The number of hydrogen-bond acceptors (Lipinski definition) is 4. The molecule has 0 aliphatic carbocycles. The van der Waals surface area contributed by atoms with E-state index in [9.17, 15) is 0 Å². The van der Waals surface area contributed by atoms with E-state index in [4.69, 9.17) is 0 Å². The Hall–Kier alpha value is -1.92. The highest BCUT2D eigenvalue weighted by molar-refractivity contribution is 7.11. The van der Waals surface area contributed by atoms with Gasteiger partial charge in [0.05, 0.1) is 6.54 Å². The van der Waals surface area contributed by atoms with Crippen molar-refractivity contribution in [3.05, 3.63) is 51.5 Å². The molecule has 2 N–H and O–H groups in total. The molecule has 0 unspecified atom stereocenters. The average molecular weight is 374 g/mol. The van der Waals surface area contributed by atoms with Crippen LogP contribution in [0.1, 0.15) is 41.8 Å². The fraction of sp³-hybridized carbons (Fsp3) is 0.500. The van der Waals surface area contributed by atoms with Crippen molar-refractivity contribution in [2.24, 2.45) is 4.99 Å². The Balaban J connectivity index is 1.91. The minimum absolute atomic E-state index is 0.525. The quantitative estimate of drug-likeness (QED) is 0.550. The molecule has 0 saturated carbocycles. The van der Waals surface area contributed by atoms with Crippen LogP contribution in [-0.4, -0.2) is 36.0 Å². The van der Waals surface area contributed by atoms with Gasteiger partial charge in [-0.3, -0.25) is 9.89 Å². The van der Waals surface area contributed by atoms with E-state index in [2.05, 4.69) is 77.6 Å². The molecule has 0 fully saturated rings. The predicted molar refractivity (Wildman–Crippen MR) is 112 cm³/mol. The SMILES string of the molecule is CCc1cnc(CNC(=NC)NCc2ccccc2CN(C)C(C)C)s1. The van der Waals surface area contributed by atoms with Gasteiger partial charge < -0.3 is 10.6 Å². The fourth-order valence-corrected chi connectivity index (χ4v) is 3.29. The summed E-state index contributed by atoms with van der Waals surface area (Å²) in [6, 6.07) is 9.10. The maximum Gasteiger partial charge on any atom is 0.191 e. The smallest absolute Gasteiger partial charge is 0.191 e. The summed E-state index contributed by atoms with van der Waals surface area (Å²) in [5.74, 6) is 0.797. The topological polar surface area (TPSA) is 52.6 Å². The van der Waals surface area contributed by atoms with Crippen LogP contribution < -0.4 is 10.6 Å². The molecule has 26 heavy (non-hydrogen) atoms. The van der Waals surface area contributed by atoms with Crippen LogP contribution in [0, 0.1) is 0 Å². The van der Waals surface area contributed by atoms with Crippen molar-refractivity contribution < 1.29 is 0 Å². The molecular formula is C20H31N5S. The Morgan fingerprint density at radius 1 is 1.19 bits per heavy atom. The molecular weight excluding hydrogens is 342 g/mol. The molecule has 0 aliphatic rings. The van der Waals surface area contributed by atoms with Gasteiger partial charge in [-0.15, -0.1) is 11.3 Å². The molecule has 0 amide bonds. The number of aryl methyl sites for hydroxylation is 1. The van der Waals surface area contributed by atoms with Gasteiger partial charge >= 0.3 is 0 Å². The first-order valence-electron chi connectivity index (χ1n) is 9.18. The molecule has 2 rings (SSSR count). The maximum absolute atomic E-state index is 4.44. The van der Waals surface area contributed by atoms with Crippen molar-refractivity contribution in [1.82, 2.24) is 20.5 Å². The third kappa shape index (κ3) is 6.11. The van der Waals surface area contributed by atoms with E-state index < -0.39 is 0 Å². The van der Waals surface area contributed by atoms with Gasteiger partial charge in [0.25, 0.3) is 0 Å². The lowest BCUT2D eigenvalue weighted by Crippen LogP contribution is -2.36. The van der Waals surface area contributed by atoms with Gasteiger partial charge in [0.15, 0.2) is 5.96 Å². The van der Waals surface area contributed by atoms with Crippen LogP contribution in [0.4, 0.5) is 0 Å². The van der Waals surface area contributed by atoms with Gasteiger partial charge in [-0.2, -0.15) is 0 Å². The van der Waals surface area contributed by atoms with Gasteiger partial charge in [-0.05, 0) is 38.4 Å². The number of aliphatic imine (C=N–C) groups is 1. The highest BCUT2D eigenvalue weighted by atomic mass is 32.1. The highest BCUT2D eigenvalue weighted by Crippen LogP contribution is 2.14. The first kappa shape index (κ1) is 20.4. The van der Waals surface area contributed by atoms with E-state index in [-0.39, 0.29) is 0 Å². The second-order valence-electron chi connectivity index (χ2n) is 6.63. The number of aromatic nitrogens is 1. The second kappa shape index (κ2) is 10.3. The molecule has 1 aromatic carbocycles. The van der Waals surface area contributed by atoms with E-state index in [0.717, 1.165) is 30.5 Å². The Bertz CT molecular complexity index is 708. The van der Waals surface area contributed by atoms with Crippen LogP contribution in [-0.2, 0) is 26.1 Å². The first-order valence-corrected chi connectivity index (χ1v) is 10.00. The van der Waals surface area contributed by atoms with Crippen LogP contribution in [0.15, 0.2) is 35.5 Å². The third-order valence-electron chi connectivity index (χ3n) is 4.45. The Morgan fingerprint density at radius 2 is 1.88 bits per heavy atom. The lowest BCUT2D eigenvalue weighted by molar-refractivity contribution is 0.265. The summed E-state index contributed by atoms with van der Waals surface area (Å²) >= 11 is 1.75. The summed E-state index contributed by atoms with van der Waals surface area (Å²) in [6.07, 6.45) is 2.99. The zero-order chi connectivity index (χ0) is 18.9. The molecule has 0 aliphatic heterocycles. The van der Waals surface area contributed by atoms with Gasteiger partial charge in [0.1, 0.15) is 5.01 Å². The first-order chi connectivity index (χ1) is 12.5. The third-order valence-corrected chi connectivity index (χ3v) is 5.59. The minimum Gasteiger partial charge on any atom is -0.352 e. The van der Waals surface area contributed by atoms with Crippen molar-refractivity contribution in [3.63, 3.8) is 0 Å². The molecule has 0 spiro atoms. The number of benzene rings is 1. The second-order valence-corrected chi connectivity index (χ2v) is 7.83. The Labute approximate surface area is 161 Å². The number of nitrogens with zero attached hydrogens (tertiary/aromatic N) is 3. The minimum atomic E-state index is 0.525. The summed E-state index contributed by atoms with van der Waals surface area (Å²) in [5, 5.41) is 7.85. The van der Waals surface area contributed by atoms with Crippen LogP contribution in [0.3, 0.4) is 0 Å². The fourth-order valence-electron chi connectivity index (χ4n) is 2.49. The van der Waals surface area contributed by atoms with E-state index in [1.165, 1.54) is 16.0 Å². The van der Waals surface area contributed by atoms with Crippen molar-refractivity contribution >= 4 is 17.3 Å². The summed E-state index contributed by atoms with van der Waals surface area (Å²) in [7, 11) is 3.96. The van der Waals surface area contributed by atoms with E-state index >= 15 is 0 Å². The molecule has 0 saturated heterocycles. The summed E-state index contributed by atoms with van der Waals surface area (Å²) in [5.41, 5.74) is 2.64. The van der Waals surface area contributed by atoms with Gasteiger partial charge in [0.2, 0.25) is 0 Å². The monoisotopic (exact) mass is 373 g/mol. The predicted octanol–water partition coefficient (Wildman–Crippen LogP) is 3.41. The normalized spacial score (nSPS) is 12.0. The zero-order valence-corrected chi connectivity index (χ0v) is 17.4. The van der Waals surface area contributed by atoms with Crippen molar-refractivity contribution in [3.8, 4) is 0 Å². The van der Waals surface area contributed by atoms with Gasteiger partial charge in [-0.25, -0.2) is 4.98 Å². The van der Waals surface area contributed by atoms with E-state index in [1.54, 1.807) is 18.4 Å². The number of rotatable bonds is 8. The van der Waals surface area contributed by atoms with E-state index in [0.29, 0.717) is 12.6 Å². The standard InChI is InChI=1S/C20H31N5S/c1-6-18-12-22-19(26-18)13-24-20(21-4)23-11-16-9-7-8-10-17(16)14-25(5)15(2)3/h7-10,12,15H,6,11,13-14H2,1-5H3,(H2,21,23,24). The van der Waals surface area contributed by atoms with Crippen molar-refractivity contribution in [1.29, 1.82) is 0 Å². The van der Waals surface area contributed by atoms with Crippen LogP contribution in [0.2, 0.25) is 0 Å². The largest absolute Gasteiger partial charge is 0.352 e. The lowest BCUT2D eigenvalue weighted by atomic mass is 10.1. The molecule has 6 heteroatoms. The summed E-state index contributed by atoms with van der Waals surface area (Å²) in [6.45, 7) is 8.98. The van der Waals surface area contributed by atoms with Crippen molar-refractivity contribution in [2.75, 3.05) is 14.1 Å². The molecule has 0 bridgehead atoms. The van der Waals surface area contributed by atoms with Crippen LogP contribution in [0.5, 0.6) is 0 Å².